The number of carbonyl (C=O) groups excluding carboxylic acids is 1. The first-order valence-electron chi connectivity index (χ1n) is 4.54. The minimum Gasteiger partial charge on any atom is -0.385 e. The van der Waals surface area contributed by atoms with Crippen molar-refractivity contribution in [2.45, 2.75) is 32.1 Å². The van der Waals surface area contributed by atoms with E-state index in [1.807, 2.05) is 6.08 Å². The number of hydrogen-bond donors (Lipinski definition) is 0. The fourth-order valence-corrected chi connectivity index (χ4v) is 1.45. The molecule has 0 aromatic heterocycles. The summed E-state index contributed by atoms with van der Waals surface area (Å²) in [7, 11) is 1.72. The van der Waals surface area contributed by atoms with Crippen LogP contribution in [0.1, 0.15) is 32.1 Å². The van der Waals surface area contributed by atoms with E-state index in [4.69, 9.17) is 4.74 Å². The average Bonchev–Trinajstić information content (AvgIpc) is 2.45. The molecule has 0 heterocycles. The molecule has 0 amide bonds. The van der Waals surface area contributed by atoms with E-state index >= 15 is 0 Å². The number of carbonyl (C=O) groups is 1. The standard InChI is InChI=1S/C10H16O2/c1-12-7-3-2-4-9-5-6-10(11)8-9/h8H,2-7H2,1H3. The van der Waals surface area contributed by atoms with Crippen molar-refractivity contribution in [1.82, 2.24) is 0 Å². The van der Waals surface area contributed by atoms with Crippen molar-refractivity contribution in [1.29, 1.82) is 0 Å². The quantitative estimate of drug-likeness (QED) is 0.587. The Kier molecular flexibility index (Phi) is 4.01. The summed E-state index contributed by atoms with van der Waals surface area (Å²) in [6.45, 7) is 0.835. The molecule has 0 aromatic carbocycles. The molecule has 0 radical (unpaired) electrons. The van der Waals surface area contributed by atoms with Gasteiger partial charge in [-0.1, -0.05) is 5.57 Å². The van der Waals surface area contributed by atoms with Gasteiger partial charge in [0.1, 0.15) is 0 Å². The summed E-state index contributed by atoms with van der Waals surface area (Å²) >= 11 is 0. The minimum atomic E-state index is 0.303. The second kappa shape index (κ2) is 5.09. The van der Waals surface area contributed by atoms with Crippen LogP contribution in [-0.2, 0) is 9.53 Å². The second-order valence-corrected chi connectivity index (χ2v) is 3.22. The highest BCUT2D eigenvalue weighted by atomic mass is 16.5. The van der Waals surface area contributed by atoms with Gasteiger partial charge in [-0.05, 0) is 31.8 Å². The molecule has 68 valence electrons. The van der Waals surface area contributed by atoms with Gasteiger partial charge < -0.3 is 4.74 Å². The van der Waals surface area contributed by atoms with Crippen LogP contribution in [-0.4, -0.2) is 19.5 Å². The number of ether oxygens (including phenoxy) is 1. The van der Waals surface area contributed by atoms with E-state index in [0.29, 0.717) is 5.78 Å². The van der Waals surface area contributed by atoms with Crippen molar-refractivity contribution >= 4 is 5.78 Å². The first-order valence-corrected chi connectivity index (χ1v) is 4.54. The third-order valence-electron chi connectivity index (χ3n) is 2.15. The molecule has 0 N–H and O–H groups in total. The molecule has 0 unspecified atom stereocenters. The molecule has 12 heavy (non-hydrogen) atoms. The summed E-state index contributed by atoms with van der Waals surface area (Å²) in [5.74, 6) is 0.303. The molecule has 0 fully saturated rings. The first-order chi connectivity index (χ1) is 5.83. The minimum absolute atomic E-state index is 0.303. The lowest BCUT2D eigenvalue weighted by Crippen LogP contribution is -1.88. The summed E-state index contributed by atoms with van der Waals surface area (Å²) in [5, 5.41) is 0. The van der Waals surface area contributed by atoms with Crippen LogP contribution in [0.2, 0.25) is 0 Å². The molecule has 0 atom stereocenters. The largest absolute Gasteiger partial charge is 0.385 e. The second-order valence-electron chi connectivity index (χ2n) is 3.22. The van der Waals surface area contributed by atoms with Gasteiger partial charge in [-0.2, -0.15) is 0 Å². The van der Waals surface area contributed by atoms with Crippen LogP contribution in [0.15, 0.2) is 11.6 Å². The number of unbranched alkanes of at least 4 members (excludes halogenated alkanes) is 1. The lowest BCUT2D eigenvalue weighted by atomic mass is 10.1. The molecule has 1 rings (SSSR count). The third kappa shape index (κ3) is 3.18. The highest BCUT2D eigenvalue weighted by Gasteiger charge is 2.10. The highest BCUT2D eigenvalue weighted by Crippen LogP contribution is 2.20. The van der Waals surface area contributed by atoms with Crippen molar-refractivity contribution < 1.29 is 9.53 Å². The predicted molar refractivity (Wildman–Crippen MR) is 48.1 cm³/mol. The maximum absolute atomic E-state index is 10.8. The fraction of sp³-hybridized carbons (Fsp3) is 0.700. The van der Waals surface area contributed by atoms with Gasteiger partial charge in [-0.25, -0.2) is 0 Å². The van der Waals surface area contributed by atoms with Gasteiger partial charge in [0.05, 0.1) is 0 Å². The fourth-order valence-electron chi connectivity index (χ4n) is 1.45. The van der Waals surface area contributed by atoms with E-state index in [0.717, 1.165) is 38.7 Å². The third-order valence-corrected chi connectivity index (χ3v) is 2.15. The summed E-state index contributed by atoms with van der Waals surface area (Å²) in [6.07, 6.45) is 6.86. The van der Waals surface area contributed by atoms with E-state index in [1.165, 1.54) is 5.57 Å². The molecule has 0 saturated heterocycles. The molecular formula is C10H16O2. The van der Waals surface area contributed by atoms with Gasteiger partial charge in [0, 0.05) is 20.1 Å². The Morgan fingerprint density at radius 1 is 1.42 bits per heavy atom. The topological polar surface area (TPSA) is 26.3 Å². The molecule has 1 aliphatic rings. The Balaban J connectivity index is 2.07. The summed E-state index contributed by atoms with van der Waals surface area (Å²) in [5.41, 5.74) is 1.33. The van der Waals surface area contributed by atoms with Crippen LogP contribution in [0.4, 0.5) is 0 Å². The molecule has 0 saturated carbocycles. The smallest absolute Gasteiger partial charge is 0.155 e. The van der Waals surface area contributed by atoms with Gasteiger partial charge in [0.2, 0.25) is 0 Å². The van der Waals surface area contributed by atoms with Crippen molar-refractivity contribution in [2.75, 3.05) is 13.7 Å². The Bertz CT molecular complexity index is 182. The van der Waals surface area contributed by atoms with Crippen LogP contribution in [0.5, 0.6) is 0 Å². The van der Waals surface area contributed by atoms with E-state index in [9.17, 15) is 4.79 Å². The van der Waals surface area contributed by atoms with Crippen LogP contribution < -0.4 is 0 Å². The monoisotopic (exact) mass is 168 g/mol. The Morgan fingerprint density at radius 2 is 2.25 bits per heavy atom. The van der Waals surface area contributed by atoms with Gasteiger partial charge in [0.15, 0.2) is 5.78 Å². The lowest BCUT2D eigenvalue weighted by Gasteiger charge is -2.00. The number of methoxy groups -OCH3 is 1. The van der Waals surface area contributed by atoms with Gasteiger partial charge in [-0.15, -0.1) is 0 Å². The molecule has 0 aliphatic heterocycles. The molecular weight excluding hydrogens is 152 g/mol. The zero-order valence-electron chi connectivity index (χ0n) is 7.64. The normalized spacial score (nSPS) is 16.8. The van der Waals surface area contributed by atoms with Gasteiger partial charge in [-0.3, -0.25) is 4.79 Å². The summed E-state index contributed by atoms with van der Waals surface area (Å²) < 4.78 is 4.94. The van der Waals surface area contributed by atoms with Gasteiger partial charge >= 0.3 is 0 Å². The maximum atomic E-state index is 10.8. The first kappa shape index (κ1) is 9.46. The zero-order chi connectivity index (χ0) is 8.81. The lowest BCUT2D eigenvalue weighted by molar-refractivity contribution is -0.114. The Hall–Kier alpha value is -0.630. The van der Waals surface area contributed by atoms with E-state index < -0.39 is 0 Å². The van der Waals surface area contributed by atoms with Crippen LogP contribution >= 0.6 is 0 Å². The molecule has 0 aromatic rings. The predicted octanol–water partition coefficient (Wildman–Crippen LogP) is 2.09. The molecule has 0 bridgehead atoms. The van der Waals surface area contributed by atoms with Gasteiger partial charge in [0.25, 0.3) is 0 Å². The van der Waals surface area contributed by atoms with Crippen molar-refractivity contribution in [2.24, 2.45) is 0 Å². The molecule has 0 spiro atoms. The van der Waals surface area contributed by atoms with Crippen LogP contribution in [0.3, 0.4) is 0 Å². The van der Waals surface area contributed by atoms with E-state index in [2.05, 4.69) is 0 Å². The Labute approximate surface area is 73.6 Å². The van der Waals surface area contributed by atoms with Crippen molar-refractivity contribution in [3.8, 4) is 0 Å². The summed E-state index contributed by atoms with van der Waals surface area (Å²) in [6, 6.07) is 0. The number of allylic oxidation sites excluding steroid dienone is 2. The Morgan fingerprint density at radius 3 is 2.83 bits per heavy atom. The summed E-state index contributed by atoms with van der Waals surface area (Å²) in [4.78, 5) is 10.8. The van der Waals surface area contributed by atoms with Crippen molar-refractivity contribution in [3.05, 3.63) is 11.6 Å². The molecule has 2 heteroatoms. The zero-order valence-corrected chi connectivity index (χ0v) is 7.64. The molecule has 2 nitrogen and oxygen atoms in total. The van der Waals surface area contributed by atoms with Crippen molar-refractivity contribution in [3.63, 3.8) is 0 Å². The number of ketones is 1. The number of rotatable bonds is 5. The SMILES string of the molecule is COCCCCC1=CC(=O)CC1. The van der Waals surface area contributed by atoms with Crippen LogP contribution in [0, 0.1) is 0 Å². The maximum Gasteiger partial charge on any atom is 0.155 e. The van der Waals surface area contributed by atoms with Crippen LogP contribution in [0.25, 0.3) is 0 Å². The van der Waals surface area contributed by atoms with E-state index in [-0.39, 0.29) is 0 Å². The molecule has 1 aliphatic carbocycles. The highest BCUT2D eigenvalue weighted by molar-refractivity contribution is 5.92. The van der Waals surface area contributed by atoms with E-state index in [1.54, 1.807) is 7.11 Å². The average molecular weight is 168 g/mol. The number of hydrogen-bond acceptors (Lipinski definition) is 2.